The van der Waals surface area contributed by atoms with Gasteiger partial charge in [-0.05, 0) is 146 Å². The molecule has 5 atom stereocenters. The first-order chi connectivity index (χ1) is 39.4. The van der Waals surface area contributed by atoms with E-state index in [2.05, 4.69) is 151 Å². The Kier molecular flexibility index (Phi) is 73.6. The molecular formula is C71H133NO6S5. The van der Waals surface area contributed by atoms with E-state index in [1.807, 2.05) is 82.3 Å². The third kappa shape index (κ3) is 65.1. The van der Waals surface area contributed by atoms with E-state index in [-0.39, 0.29) is 16.6 Å². The molecule has 0 saturated heterocycles. The zero-order valence-electron chi connectivity index (χ0n) is 57.7. The molecule has 4 aromatic rings. The van der Waals surface area contributed by atoms with E-state index in [9.17, 15) is 13.5 Å². The summed E-state index contributed by atoms with van der Waals surface area (Å²) >= 11 is 0. The number of aromatic nitrogens is 1. The summed E-state index contributed by atoms with van der Waals surface area (Å²) in [6, 6.07) is 26.1. The van der Waals surface area contributed by atoms with Crippen LogP contribution in [-0.4, -0.2) is 117 Å². The van der Waals surface area contributed by atoms with Crippen molar-refractivity contribution in [1.82, 2.24) is 4.57 Å². The highest BCUT2D eigenvalue weighted by molar-refractivity contribution is 8.16. The van der Waals surface area contributed by atoms with Gasteiger partial charge in [0.25, 0.3) is 0 Å². The Morgan fingerprint density at radius 3 is 1.46 bits per heavy atom. The van der Waals surface area contributed by atoms with E-state index in [1.165, 1.54) is 112 Å². The summed E-state index contributed by atoms with van der Waals surface area (Å²) in [5.74, 6) is 22.7. The maximum absolute atomic E-state index is 10.4. The first-order valence-corrected chi connectivity index (χ1v) is 40.8. The van der Waals surface area contributed by atoms with Crippen LogP contribution in [0.4, 0.5) is 0 Å². The van der Waals surface area contributed by atoms with Crippen molar-refractivity contribution in [3.8, 4) is 11.5 Å². The smallest absolute Gasteiger partial charge is 0.147 e. The van der Waals surface area contributed by atoms with Crippen LogP contribution < -0.4 is 9.47 Å². The van der Waals surface area contributed by atoms with Gasteiger partial charge in [-0.1, -0.05) is 226 Å². The van der Waals surface area contributed by atoms with Gasteiger partial charge in [-0.3, -0.25) is 0 Å². The van der Waals surface area contributed by atoms with Crippen molar-refractivity contribution >= 4 is 86.2 Å². The van der Waals surface area contributed by atoms with Crippen LogP contribution in [0.2, 0.25) is 0 Å². The summed E-state index contributed by atoms with van der Waals surface area (Å²) in [5.41, 5.74) is 4.78. The molecule has 1 heterocycles. The van der Waals surface area contributed by atoms with Crippen molar-refractivity contribution < 1.29 is 27.7 Å². The molecule has 1 aromatic heterocycles. The second-order valence-electron chi connectivity index (χ2n) is 20.5. The van der Waals surface area contributed by atoms with E-state index in [0.717, 1.165) is 66.0 Å². The number of benzene rings is 3. The summed E-state index contributed by atoms with van der Waals surface area (Å²) in [4.78, 5) is 0. The molecule has 83 heavy (non-hydrogen) atoms. The van der Waals surface area contributed by atoms with Crippen LogP contribution in [0.25, 0.3) is 10.9 Å². The van der Waals surface area contributed by atoms with Gasteiger partial charge >= 0.3 is 0 Å². The molecule has 7 nitrogen and oxygen atoms in total. The van der Waals surface area contributed by atoms with E-state index < -0.39 is 9.84 Å². The fourth-order valence-corrected chi connectivity index (χ4v) is 9.86. The molecule has 4 rings (SSSR count). The van der Waals surface area contributed by atoms with Crippen molar-refractivity contribution in [2.75, 3.05) is 75.6 Å². The largest absolute Gasteiger partial charge is 0.497 e. The Morgan fingerprint density at radius 2 is 1.10 bits per heavy atom. The van der Waals surface area contributed by atoms with Gasteiger partial charge in [0.1, 0.15) is 28.1 Å². The molecule has 12 heteroatoms. The second kappa shape index (κ2) is 66.8. The average molecular weight is 1260 g/mol. The fourth-order valence-electron chi connectivity index (χ4n) is 6.41. The van der Waals surface area contributed by atoms with Crippen molar-refractivity contribution in [3.63, 3.8) is 0 Å². The lowest BCUT2D eigenvalue weighted by Crippen LogP contribution is -2.03. The predicted molar refractivity (Wildman–Crippen MR) is 400 cm³/mol. The number of aliphatic hydroxyl groups excluding tert-OH is 1. The summed E-state index contributed by atoms with van der Waals surface area (Å²) < 4.78 is 38.6. The van der Waals surface area contributed by atoms with Crippen LogP contribution in [0.1, 0.15) is 209 Å². The number of rotatable bonds is 27. The highest BCUT2D eigenvalue weighted by Gasteiger charge is 2.10. The molecule has 0 spiro atoms. The molecule has 3 aromatic carbocycles. The molecule has 1 N–H and O–H groups in total. The topological polar surface area (TPSA) is 87.0 Å². The van der Waals surface area contributed by atoms with Gasteiger partial charge in [0, 0.05) is 30.2 Å². The minimum atomic E-state index is -2.69. The molecule has 0 bridgehead atoms. The quantitative estimate of drug-likeness (QED) is 0.0473. The molecular weight excluding hydrogens is 1120 g/mol. The number of methoxy groups -OCH3 is 3. The lowest BCUT2D eigenvalue weighted by atomic mass is 10.1. The van der Waals surface area contributed by atoms with Crippen molar-refractivity contribution in [2.24, 2.45) is 5.92 Å². The highest BCUT2D eigenvalue weighted by atomic mass is 32.2. The van der Waals surface area contributed by atoms with Crippen molar-refractivity contribution in [3.05, 3.63) is 107 Å². The standard InChI is InChI=1S/C13H17NO2.2C9H12O.C8H18S.C7H16S.C7H14S.C6H14S.C5H12O2S.C5H12.C2H6/c1-4-10-8-11-12(14(10)9-15-2)6-5-7-13(11)16-3;1-3-8-4-6-9(10-2)7-5-8;1-2-9(10)8-6-4-3-5-7-8;1-4-5-6-7-8-9(2)3;2*1-4-5-6-7-8(2)3;1-4-5-6-7(2)3;1-3-4-5-8(2,6)7;1-4-5(2)3;1-2/h5-8H,4,9H2,1-3H3;4-7H,3H2,1-2H3;3-7,9-10H,2H2,1H3;2,4-8H2,1,3H3;2,4-7H2,1,3H3;6-7H,2,4-5H2,1,3H3;2,4-6H2,1,3H3;3-5H2,1-2H3;5H,4H2,1-3H3;1-2H3/b;;;;;7-6+;;;;. The summed E-state index contributed by atoms with van der Waals surface area (Å²) in [7, 11) is 3.96. The Bertz CT molecular complexity index is 2200. The first-order valence-electron chi connectivity index (χ1n) is 31.0. The summed E-state index contributed by atoms with van der Waals surface area (Å²) in [6.07, 6.45) is 32.5. The van der Waals surface area contributed by atoms with E-state index in [4.69, 9.17) is 14.2 Å². The Balaban J connectivity index is -0.000000204. The maximum Gasteiger partial charge on any atom is 0.147 e. The van der Waals surface area contributed by atoms with Crippen LogP contribution in [0.15, 0.2) is 90.3 Å². The number of hydrogen-bond donors (Lipinski definition) is 1. The van der Waals surface area contributed by atoms with Gasteiger partial charge in [0.2, 0.25) is 0 Å². The van der Waals surface area contributed by atoms with E-state index in [0.29, 0.717) is 43.9 Å². The van der Waals surface area contributed by atoms with Crippen LogP contribution in [0, 0.1) is 5.92 Å². The number of fused-ring (bicyclic) bond motifs is 1. The summed E-state index contributed by atoms with van der Waals surface area (Å²) in [5, 5.41) is 12.7. The first kappa shape index (κ1) is 91.5. The molecule has 488 valence electrons. The van der Waals surface area contributed by atoms with Gasteiger partial charge in [-0.15, -0.1) is 0 Å². The minimum absolute atomic E-state index is 0.252. The third-order valence-corrected chi connectivity index (χ3v) is 16.4. The second-order valence-corrected chi connectivity index (χ2v) is 30.3. The Morgan fingerprint density at radius 1 is 0.602 bits per heavy atom. The number of unbranched alkanes of at least 4 members (excludes halogenated alkanes) is 8. The number of hydrogen-bond acceptors (Lipinski definition) is 6. The molecule has 0 fully saturated rings. The van der Waals surface area contributed by atoms with Crippen molar-refractivity contribution in [2.45, 2.75) is 212 Å². The number of allylic oxidation sites excluding steroid dienone is 1. The summed E-state index contributed by atoms with van der Waals surface area (Å²) in [6.45, 7) is 28.3. The predicted octanol–water partition coefficient (Wildman–Crippen LogP) is 21.3. The number of nitrogens with zero attached hydrogens (tertiary/aromatic N) is 1. The molecule has 0 radical (unpaired) electrons. The zero-order chi connectivity index (χ0) is 64.9. The van der Waals surface area contributed by atoms with Gasteiger partial charge in [-0.25, -0.2) is 8.42 Å². The highest BCUT2D eigenvalue weighted by Crippen LogP contribution is 2.29. The zero-order valence-corrected chi connectivity index (χ0v) is 61.8. The monoisotopic (exact) mass is 1260 g/mol. The lowest BCUT2D eigenvalue weighted by Gasteiger charge is -2.08. The number of aryl methyl sites for hydroxylation is 2. The molecule has 0 aliphatic carbocycles. The van der Waals surface area contributed by atoms with E-state index >= 15 is 0 Å². The average Bonchev–Trinajstić information content (AvgIpc) is 4.07. The molecule has 0 amide bonds. The van der Waals surface area contributed by atoms with Crippen LogP contribution in [0.3, 0.4) is 0 Å². The Hall–Kier alpha value is -2.71. The van der Waals surface area contributed by atoms with Gasteiger partial charge in [0.05, 0.1) is 25.8 Å². The molecule has 0 saturated carbocycles. The third-order valence-electron chi connectivity index (χ3n) is 11.7. The number of aliphatic hydroxyl groups is 1. The minimum Gasteiger partial charge on any atom is -0.497 e. The van der Waals surface area contributed by atoms with Crippen LogP contribution >= 0.6 is 41.9 Å². The van der Waals surface area contributed by atoms with E-state index in [1.54, 1.807) is 21.3 Å². The normalized spacial score (nSPS) is 12.0. The van der Waals surface area contributed by atoms with Crippen LogP contribution in [0.5, 0.6) is 11.5 Å². The molecule has 0 aliphatic heterocycles. The molecule has 5 unspecified atom stereocenters. The maximum atomic E-state index is 10.4. The number of ether oxygens (including phenoxy) is 3. The van der Waals surface area contributed by atoms with Gasteiger partial charge < -0.3 is 23.9 Å². The van der Waals surface area contributed by atoms with Crippen molar-refractivity contribution in [1.29, 1.82) is 0 Å². The van der Waals surface area contributed by atoms with Gasteiger partial charge in [0.15, 0.2) is 0 Å². The number of sulfone groups is 1. The fraction of sp³-hybridized carbons (Fsp3) is 0.634. The Labute approximate surface area is 527 Å². The SMILES string of the molecule is C=S(C)/C=C/CCC.C=S(C)CCCC.C=S(C)CCCCC.C=S(C)CCCCCC.CC.CCC(C)C.CCC(O)c1ccccc1.CCCCS(C)(=O)=O.CCc1cc2c(OC)cccc2n1COC.CCc1ccc(OC)cc1. The van der Waals surface area contributed by atoms with Crippen LogP contribution in [-0.2, 0) is 34.1 Å². The molecule has 0 aliphatic rings. The van der Waals surface area contributed by atoms with Gasteiger partial charge in [-0.2, -0.15) is 41.9 Å². The lowest BCUT2D eigenvalue weighted by molar-refractivity contribution is 0.132.